The second kappa shape index (κ2) is 7.83. The first-order valence-corrected chi connectivity index (χ1v) is 8.23. The van der Waals surface area contributed by atoms with E-state index in [-0.39, 0.29) is 4.90 Å². The van der Waals surface area contributed by atoms with Crippen LogP contribution in [-0.4, -0.2) is 38.6 Å². The van der Waals surface area contributed by atoms with Gasteiger partial charge in [-0.15, -0.1) is 0 Å². The fourth-order valence-corrected chi connectivity index (χ4v) is 2.79. The molecule has 118 valence electrons. The zero-order chi connectivity index (χ0) is 15.8. The predicted octanol–water partition coefficient (Wildman–Crippen LogP) is 1.53. The third kappa shape index (κ3) is 4.76. The number of nitrogens with one attached hydrogen (secondary N) is 2. The summed E-state index contributed by atoms with van der Waals surface area (Å²) in [6.45, 7) is 0.858. The Morgan fingerprint density at radius 1 is 1.14 bits per heavy atom. The van der Waals surface area contributed by atoms with Crippen LogP contribution in [0.25, 0.3) is 0 Å². The fourth-order valence-electron chi connectivity index (χ4n) is 1.72. The molecule has 0 bridgehead atoms. The molecule has 8 heteroatoms. The third-order valence-electron chi connectivity index (χ3n) is 2.80. The summed E-state index contributed by atoms with van der Waals surface area (Å²) in [6.07, 6.45) is 3.87. The molecule has 0 amide bonds. The number of hydrogen-bond donors (Lipinski definition) is 2. The summed E-state index contributed by atoms with van der Waals surface area (Å²) in [7, 11) is -1.91. The van der Waals surface area contributed by atoms with Gasteiger partial charge >= 0.3 is 0 Å². The van der Waals surface area contributed by atoms with Gasteiger partial charge < -0.3 is 10.1 Å². The van der Waals surface area contributed by atoms with E-state index < -0.39 is 10.0 Å². The van der Waals surface area contributed by atoms with Crippen LogP contribution in [0.3, 0.4) is 0 Å². The van der Waals surface area contributed by atoms with Crippen molar-refractivity contribution in [3.8, 4) is 0 Å². The van der Waals surface area contributed by atoms with E-state index >= 15 is 0 Å². The zero-order valence-corrected chi connectivity index (χ0v) is 13.0. The van der Waals surface area contributed by atoms with Crippen molar-refractivity contribution in [1.29, 1.82) is 0 Å². The van der Waals surface area contributed by atoms with Crippen molar-refractivity contribution in [2.75, 3.05) is 25.6 Å². The Hall–Kier alpha value is -2.03. The number of sulfonamides is 1. The van der Waals surface area contributed by atoms with Crippen molar-refractivity contribution in [1.82, 2.24) is 14.7 Å². The summed E-state index contributed by atoms with van der Waals surface area (Å²) < 4.78 is 31.5. The minimum atomic E-state index is -3.49. The molecule has 0 fully saturated rings. The Morgan fingerprint density at radius 2 is 1.82 bits per heavy atom. The van der Waals surface area contributed by atoms with Crippen LogP contribution in [0.1, 0.15) is 6.42 Å². The molecule has 1 heterocycles. The molecule has 2 aromatic rings. The predicted molar refractivity (Wildman–Crippen MR) is 83.4 cm³/mol. The van der Waals surface area contributed by atoms with Crippen molar-refractivity contribution < 1.29 is 13.2 Å². The van der Waals surface area contributed by atoms with Gasteiger partial charge in [0.15, 0.2) is 0 Å². The molecular weight excluding hydrogens is 304 g/mol. The Kier molecular flexibility index (Phi) is 5.82. The highest BCUT2D eigenvalue weighted by Crippen LogP contribution is 2.16. The van der Waals surface area contributed by atoms with Gasteiger partial charge in [0, 0.05) is 38.3 Å². The smallest absolute Gasteiger partial charge is 0.240 e. The van der Waals surface area contributed by atoms with Crippen molar-refractivity contribution in [2.24, 2.45) is 0 Å². The highest BCUT2D eigenvalue weighted by atomic mass is 32.2. The van der Waals surface area contributed by atoms with Gasteiger partial charge in [-0.1, -0.05) is 0 Å². The molecule has 0 unspecified atom stereocenters. The van der Waals surface area contributed by atoms with Crippen LogP contribution in [0.5, 0.6) is 0 Å². The molecule has 0 atom stereocenters. The van der Waals surface area contributed by atoms with E-state index in [1.807, 2.05) is 0 Å². The standard InChI is InChI=1S/C14H18N4O3S/c1-21-11-3-10-17-22(19,20)13-6-4-12(5-7-13)18-14-15-8-2-9-16-14/h2,4-9,17H,3,10-11H2,1H3,(H,15,16,18). The lowest BCUT2D eigenvalue weighted by Gasteiger charge is -2.08. The Bertz CT molecular complexity index is 675. The largest absolute Gasteiger partial charge is 0.385 e. The topological polar surface area (TPSA) is 93.2 Å². The molecule has 22 heavy (non-hydrogen) atoms. The molecule has 1 aromatic heterocycles. The molecule has 7 nitrogen and oxygen atoms in total. The maximum Gasteiger partial charge on any atom is 0.240 e. The van der Waals surface area contributed by atoms with Crippen LogP contribution in [-0.2, 0) is 14.8 Å². The Labute approximate surface area is 129 Å². The average Bonchev–Trinajstić information content (AvgIpc) is 2.53. The summed E-state index contributed by atoms with van der Waals surface area (Å²) in [4.78, 5) is 8.29. The lowest BCUT2D eigenvalue weighted by atomic mass is 10.3. The highest BCUT2D eigenvalue weighted by molar-refractivity contribution is 7.89. The molecule has 1 aromatic carbocycles. The number of benzene rings is 1. The molecule has 0 saturated carbocycles. The summed E-state index contributed by atoms with van der Waals surface area (Å²) in [5, 5.41) is 2.99. The van der Waals surface area contributed by atoms with Crippen LogP contribution in [0.15, 0.2) is 47.6 Å². The number of methoxy groups -OCH3 is 1. The molecule has 0 radical (unpaired) electrons. The van der Waals surface area contributed by atoms with E-state index in [0.717, 1.165) is 0 Å². The summed E-state index contributed by atoms with van der Waals surface area (Å²) in [5.74, 6) is 0.454. The molecule has 0 aliphatic heterocycles. The molecule has 0 spiro atoms. The normalized spacial score (nSPS) is 11.3. The average molecular weight is 322 g/mol. The second-order valence-corrected chi connectivity index (χ2v) is 6.23. The summed E-state index contributed by atoms with van der Waals surface area (Å²) in [6, 6.07) is 8.12. The summed E-state index contributed by atoms with van der Waals surface area (Å²) >= 11 is 0. The molecular formula is C14H18N4O3S. The maximum atomic E-state index is 12.1. The van der Waals surface area contributed by atoms with Crippen molar-refractivity contribution >= 4 is 21.7 Å². The minimum absolute atomic E-state index is 0.212. The number of anilines is 2. The fraction of sp³-hybridized carbons (Fsp3) is 0.286. The summed E-state index contributed by atoms with van der Waals surface area (Å²) in [5.41, 5.74) is 0.713. The quantitative estimate of drug-likeness (QED) is 0.716. The second-order valence-electron chi connectivity index (χ2n) is 4.47. The van der Waals surface area contributed by atoms with Gasteiger partial charge in [-0.05, 0) is 36.8 Å². The van der Waals surface area contributed by atoms with E-state index in [1.165, 1.54) is 12.1 Å². The molecule has 0 aliphatic rings. The Morgan fingerprint density at radius 3 is 2.45 bits per heavy atom. The molecule has 2 N–H and O–H groups in total. The zero-order valence-electron chi connectivity index (χ0n) is 12.2. The van der Waals surface area contributed by atoms with Crippen LogP contribution >= 0.6 is 0 Å². The van der Waals surface area contributed by atoms with Gasteiger partial charge in [-0.25, -0.2) is 23.1 Å². The first-order valence-electron chi connectivity index (χ1n) is 6.74. The first-order chi connectivity index (χ1) is 10.6. The SMILES string of the molecule is COCCCNS(=O)(=O)c1ccc(Nc2ncccn2)cc1. The monoisotopic (exact) mass is 322 g/mol. The molecule has 2 rings (SSSR count). The van der Waals surface area contributed by atoms with E-state index in [9.17, 15) is 8.42 Å². The highest BCUT2D eigenvalue weighted by Gasteiger charge is 2.12. The number of rotatable bonds is 8. The lowest BCUT2D eigenvalue weighted by Crippen LogP contribution is -2.25. The van der Waals surface area contributed by atoms with E-state index in [1.54, 1.807) is 37.7 Å². The number of hydrogen-bond acceptors (Lipinski definition) is 6. The molecule has 0 saturated heterocycles. The first kappa shape index (κ1) is 16.3. The minimum Gasteiger partial charge on any atom is -0.385 e. The van der Waals surface area contributed by atoms with E-state index in [0.29, 0.717) is 31.2 Å². The lowest BCUT2D eigenvalue weighted by molar-refractivity contribution is 0.196. The number of aromatic nitrogens is 2. The van der Waals surface area contributed by atoms with Crippen LogP contribution in [0, 0.1) is 0 Å². The molecule has 0 aliphatic carbocycles. The van der Waals surface area contributed by atoms with Crippen molar-refractivity contribution in [2.45, 2.75) is 11.3 Å². The van der Waals surface area contributed by atoms with Crippen LogP contribution in [0.4, 0.5) is 11.6 Å². The van der Waals surface area contributed by atoms with Gasteiger partial charge in [0.05, 0.1) is 4.90 Å². The van der Waals surface area contributed by atoms with Crippen LogP contribution in [0.2, 0.25) is 0 Å². The van der Waals surface area contributed by atoms with Gasteiger partial charge in [0.1, 0.15) is 0 Å². The van der Waals surface area contributed by atoms with Gasteiger partial charge in [0.2, 0.25) is 16.0 Å². The van der Waals surface area contributed by atoms with E-state index in [2.05, 4.69) is 20.0 Å². The number of ether oxygens (including phenoxy) is 1. The van der Waals surface area contributed by atoms with Gasteiger partial charge in [-0.3, -0.25) is 0 Å². The maximum absolute atomic E-state index is 12.1. The van der Waals surface area contributed by atoms with Crippen LogP contribution < -0.4 is 10.0 Å². The Balaban J connectivity index is 1.99. The van der Waals surface area contributed by atoms with E-state index in [4.69, 9.17) is 4.74 Å². The van der Waals surface area contributed by atoms with Crippen molar-refractivity contribution in [3.63, 3.8) is 0 Å². The van der Waals surface area contributed by atoms with Crippen molar-refractivity contribution in [3.05, 3.63) is 42.7 Å². The van der Waals surface area contributed by atoms with Gasteiger partial charge in [-0.2, -0.15) is 0 Å². The van der Waals surface area contributed by atoms with Gasteiger partial charge in [0.25, 0.3) is 0 Å². The third-order valence-corrected chi connectivity index (χ3v) is 4.28. The number of nitrogens with zero attached hydrogens (tertiary/aromatic N) is 2.